The molecule has 0 saturated carbocycles. The summed E-state index contributed by atoms with van der Waals surface area (Å²) >= 11 is 20.2. The van der Waals surface area contributed by atoms with Crippen molar-refractivity contribution in [3.8, 4) is 5.69 Å². The molecule has 0 bridgehead atoms. The molecule has 35 heavy (non-hydrogen) atoms. The second kappa shape index (κ2) is 11.4. The van der Waals surface area contributed by atoms with Crippen LogP contribution in [0.4, 0.5) is 0 Å². The number of nitrogens with one attached hydrogen (secondary N) is 1. The Morgan fingerprint density at radius 3 is 2.34 bits per heavy atom. The van der Waals surface area contributed by atoms with Crippen LogP contribution >= 0.6 is 46.6 Å². The van der Waals surface area contributed by atoms with E-state index in [0.29, 0.717) is 15.6 Å². The Kier molecular flexibility index (Phi) is 8.24. The van der Waals surface area contributed by atoms with Crippen LogP contribution in [0.15, 0.2) is 82.8 Å². The summed E-state index contributed by atoms with van der Waals surface area (Å²) in [6.45, 7) is 3.95. The minimum absolute atomic E-state index is 0.273. The minimum Gasteiger partial charge on any atom is -0.316 e. The number of benzene rings is 3. The molecule has 0 saturated heterocycles. The molecular formula is C27H22Cl3N3OS. The van der Waals surface area contributed by atoms with Crippen LogP contribution in [0.5, 0.6) is 0 Å². The van der Waals surface area contributed by atoms with Crippen LogP contribution in [-0.2, 0) is 5.75 Å². The first-order valence-electron chi connectivity index (χ1n) is 10.8. The van der Waals surface area contributed by atoms with E-state index in [4.69, 9.17) is 34.8 Å². The molecule has 0 aliphatic heterocycles. The van der Waals surface area contributed by atoms with Crippen molar-refractivity contribution in [2.45, 2.75) is 24.5 Å². The van der Waals surface area contributed by atoms with E-state index in [-0.39, 0.29) is 5.91 Å². The Labute approximate surface area is 223 Å². The number of aromatic nitrogens is 1. The zero-order chi connectivity index (χ0) is 24.9. The lowest BCUT2D eigenvalue weighted by molar-refractivity contribution is 0.0955. The zero-order valence-electron chi connectivity index (χ0n) is 19.1. The molecule has 0 fully saturated rings. The first-order valence-corrected chi connectivity index (χ1v) is 12.9. The molecular weight excluding hydrogens is 521 g/mol. The molecule has 0 radical (unpaired) electrons. The third-order valence-electron chi connectivity index (χ3n) is 5.42. The maximum atomic E-state index is 12.5. The van der Waals surface area contributed by atoms with E-state index in [0.717, 1.165) is 43.9 Å². The Morgan fingerprint density at radius 2 is 1.63 bits per heavy atom. The van der Waals surface area contributed by atoms with Gasteiger partial charge in [-0.1, -0.05) is 46.9 Å². The number of carbonyl (C=O) groups is 1. The number of aryl methyl sites for hydroxylation is 1. The molecule has 4 rings (SSSR count). The fourth-order valence-corrected chi connectivity index (χ4v) is 4.97. The van der Waals surface area contributed by atoms with Crippen LogP contribution in [0.25, 0.3) is 5.69 Å². The largest absolute Gasteiger partial charge is 0.316 e. The van der Waals surface area contributed by atoms with Gasteiger partial charge in [-0.25, -0.2) is 5.43 Å². The van der Waals surface area contributed by atoms with Crippen molar-refractivity contribution in [1.29, 1.82) is 0 Å². The number of rotatable bonds is 7. The van der Waals surface area contributed by atoms with Gasteiger partial charge in [0.15, 0.2) is 0 Å². The monoisotopic (exact) mass is 541 g/mol. The summed E-state index contributed by atoms with van der Waals surface area (Å²) in [4.78, 5) is 13.7. The number of thioether (sulfide) groups is 1. The van der Waals surface area contributed by atoms with Gasteiger partial charge in [0, 0.05) is 43.2 Å². The minimum atomic E-state index is -0.273. The lowest BCUT2D eigenvalue weighted by atomic mass is 10.1. The van der Waals surface area contributed by atoms with E-state index in [9.17, 15) is 4.79 Å². The van der Waals surface area contributed by atoms with Crippen molar-refractivity contribution >= 4 is 58.7 Å². The van der Waals surface area contributed by atoms with Crippen molar-refractivity contribution in [2.75, 3.05) is 0 Å². The highest BCUT2D eigenvalue weighted by atomic mass is 35.5. The summed E-state index contributed by atoms with van der Waals surface area (Å²) in [6.07, 6.45) is 1.63. The van der Waals surface area contributed by atoms with Gasteiger partial charge in [0.2, 0.25) is 0 Å². The third kappa shape index (κ3) is 6.30. The van der Waals surface area contributed by atoms with Gasteiger partial charge in [0.05, 0.1) is 16.9 Å². The molecule has 3 aromatic carbocycles. The quantitative estimate of drug-likeness (QED) is 0.146. The fourth-order valence-electron chi connectivity index (χ4n) is 3.62. The Bertz CT molecular complexity index is 1380. The van der Waals surface area contributed by atoms with Gasteiger partial charge in [0.1, 0.15) is 0 Å². The summed E-state index contributed by atoms with van der Waals surface area (Å²) in [5.74, 6) is 0.526. The number of amides is 1. The molecule has 1 N–H and O–H groups in total. The maximum Gasteiger partial charge on any atom is 0.271 e. The van der Waals surface area contributed by atoms with Gasteiger partial charge < -0.3 is 4.57 Å². The number of nitrogens with zero attached hydrogens (tertiary/aromatic N) is 2. The summed E-state index contributed by atoms with van der Waals surface area (Å²) in [6, 6.07) is 22.6. The first-order chi connectivity index (χ1) is 16.8. The van der Waals surface area contributed by atoms with Crippen LogP contribution in [-0.4, -0.2) is 16.7 Å². The first kappa shape index (κ1) is 25.4. The van der Waals surface area contributed by atoms with E-state index < -0.39 is 0 Å². The standard InChI is InChI=1S/C27H22Cl3N3OS/c1-17-13-21(18(2)33(17)26-14-23(29)9-12-25(26)30)15-31-32-27(34)20-5-3-19(4-6-20)16-35-24-10-7-22(28)8-11-24/h3-15H,16H2,1-2H3,(H,32,34)/b31-15-. The summed E-state index contributed by atoms with van der Waals surface area (Å²) in [5.41, 5.74) is 7.85. The van der Waals surface area contributed by atoms with E-state index in [2.05, 4.69) is 10.5 Å². The molecule has 4 aromatic rings. The van der Waals surface area contributed by atoms with Crippen LogP contribution < -0.4 is 5.43 Å². The second-order valence-corrected chi connectivity index (χ2v) is 10.2. The topological polar surface area (TPSA) is 46.4 Å². The van der Waals surface area contributed by atoms with Crippen molar-refractivity contribution in [1.82, 2.24) is 9.99 Å². The highest BCUT2D eigenvalue weighted by molar-refractivity contribution is 7.98. The van der Waals surface area contributed by atoms with Crippen molar-refractivity contribution in [2.24, 2.45) is 5.10 Å². The number of halogens is 3. The predicted molar refractivity (Wildman–Crippen MR) is 148 cm³/mol. The molecule has 0 aliphatic carbocycles. The number of hydrogen-bond donors (Lipinski definition) is 1. The lowest BCUT2D eigenvalue weighted by Gasteiger charge is -2.12. The van der Waals surface area contributed by atoms with Crippen LogP contribution in [0.1, 0.15) is 32.9 Å². The molecule has 1 amide bonds. The molecule has 8 heteroatoms. The summed E-state index contributed by atoms with van der Waals surface area (Å²) < 4.78 is 2.01. The van der Waals surface area contributed by atoms with Crippen LogP contribution in [0.3, 0.4) is 0 Å². The highest BCUT2D eigenvalue weighted by Crippen LogP contribution is 2.28. The average Bonchev–Trinajstić information content (AvgIpc) is 3.13. The van der Waals surface area contributed by atoms with Gasteiger partial charge in [0.25, 0.3) is 5.91 Å². The van der Waals surface area contributed by atoms with Gasteiger partial charge >= 0.3 is 0 Å². The van der Waals surface area contributed by atoms with Crippen molar-refractivity contribution in [3.63, 3.8) is 0 Å². The smallest absolute Gasteiger partial charge is 0.271 e. The van der Waals surface area contributed by atoms with E-state index in [1.54, 1.807) is 42.2 Å². The molecule has 0 atom stereocenters. The molecule has 1 aromatic heterocycles. The molecule has 1 heterocycles. The molecule has 178 valence electrons. The Hall–Kier alpha value is -2.70. The Morgan fingerprint density at radius 1 is 0.943 bits per heavy atom. The molecule has 0 spiro atoms. The molecule has 4 nitrogen and oxygen atoms in total. The SMILES string of the molecule is Cc1cc(/C=N\NC(=O)c2ccc(CSc3ccc(Cl)cc3)cc2)c(C)n1-c1cc(Cl)ccc1Cl. The third-order valence-corrected chi connectivity index (χ3v) is 7.31. The van der Waals surface area contributed by atoms with Gasteiger partial charge in [-0.2, -0.15) is 5.10 Å². The molecule has 0 aliphatic rings. The zero-order valence-corrected chi connectivity index (χ0v) is 22.1. The van der Waals surface area contributed by atoms with Gasteiger partial charge in [-0.15, -0.1) is 11.8 Å². The van der Waals surface area contributed by atoms with Gasteiger partial charge in [-0.05, 0) is 80.1 Å². The predicted octanol–water partition coefficient (Wildman–Crippen LogP) is 8.11. The number of hydrogen-bond acceptors (Lipinski definition) is 3. The fraction of sp³-hybridized carbons (Fsp3) is 0.111. The highest BCUT2D eigenvalue weighted by Gasteiger charge is 2.13. The van der Waals surface area contributed by atoms with E-state index >= 15 is 0 Å². The van der Waals surface area contributed by atoms with Crippen LogP contribution in [0, 0.1) is 13.8 Å². The van der Waals surface area contributed by atoms with Crippen LogP contribution in [0.2, 0.25) is 15.1 Å². The summed E-state index contributed by atoms with van der Waals surface area (Å²) in [5, 5.41) is 6.09. The normalized spacial score (nSPS) is 11.2. The second-order valence-electron chi connectivity index (χ2n) is 7.90. The van der Waals surface area contributed by atoms with Crippen molar-refractivity contribution in [3.05, 3.63) is 116 Å². The average molecular weight is 543 g/mol. The van der Waals surface area contributed by atoms with E-state index in [1.807, 2.05) is 66.9 Å². The summed E-state index contributed by atoms with van der Waals surface area (Å²) in [7, 11) is 0. The molecule has 0 unspecified atom stereocenters. The van der Waals surface area contributed by atoms with Crippen molar-refractivity contribution < 1.29 is 4.79 Å². The number of hydrazone groups is 1. The lowest BCUT2D eigenvalue weighted by Crippen LogP contribution is -2.17. The van der Waals surface area contributed by atoms with E-state index in [1.165, 1.54) is 0 Å². The van der Waals surface area contributed by atoms with Gasteiger partial charge in [-0.3, -0.25) is 4.79 Å². The maximum absolute atomic E-state index is 12.5. The number of carbonyl (C=O) groups excluding carboxylic acids is 1. The Balaban J connectivity index is 1.38.